The molecule has 5 rings (SSSR count). The molecular formula is C23H28N4S. The first kappa shape index (κ1) is 18.1. The van der Waals surface area contributed by atoms with Crippen molar-refractivity contribution in [2.75, 3.05) is 31.1 Å². The van der Waals surface area contributed by atoms with Crippen LogP contribution in [0, 0.1) is 11.3 Å². The summed E-state index contributed by atoms with van der Waals surface area (Å²) in [7, 11) is 0. The molecule has 28 heavy (non-hydrogen) atoms. The van der Waals surface area contributed by atoms with Gasteiger partial charge >= 0.3 is 0 Å². The van der Waals surface area contributed by atoms with Crippen LogP contribution in [0.15, 0.2) is 24.3 Å². The molecule has 3 aliphatic rings. The van der Waals surface area contributed by atoms with E-state index in [0.717, 1.165) is 31.1 Å². The molecule has 0 radical (unpaired) electrons. The normalized spacial score (nSPS) is 21.6. The van der Waals surface area contributed by atoms with Crippen LogP contribution in [0.3, 0.4) is 0 Å². The highest BCUT2D eigenvalue weighted by Crippen LogP contribution is 2.36. The number of anilines is 1. The summed E-state index contributed by atoms with van der Waals surface area (Å²) >= 11 is 2.00. The molecule has 4 nitrogen and oxygen atoms in total. The molecule has 0 N–H and O–H groups in total. The fraction of sp³-hybridized carbons (Fsp3) is 0.565. The Hall–Kier alpha value is -1.90. The second-order valence-electron chi connectivity index (χ2n) is 8.46. The molecule has 2 aliphatic heterocycles. The predicted octanol–water partition coefficient (Wildman–Crippen LogP) is 4.35. The molecule has 0 spiro atoms. The monoisotopic (exact) mass is 392 g/mol. The van der Waals surface area contributed by atoms with Crippen LogP contribution >= 0.6 is 11.3 Å². The highest BCUT2D eigenvalue weighted by molar-refractivity contribution is 7.11. The van der Waals surface area contributed by atoms with E-state index in [4.69, 9.17) is 10.2 Å². The number of nitrogens with zero attached hydrogens (tertiary/aromatic N) is 4. The molecule has 3 heterocycles. The third-order valence-corrected chi connectivity index (χ3v) is 8.17. The summed E-state index contributed by atoms with van der Waals surface area (Å²) < 4.78 is 0. The first-order valence-corrected chi connectivity index (χ1v) is 11.6. The number of thiazole rings is 1. The number of piperidine rings is 1. The average molecular weight is 393 g/mol. The molecule has 1 saturated carbocycles. The van der Waals surface area contributed by atoms with Crippen molar-refractivity contribution in [3.05, 3.63) is 45.4 Å². The Morgan fingerprint density at radius 3 is 2.39 bits per heavy atom. The van der Waals surface area contributed by atoms with E-state index in [0.29, 0.717) is 5.92 Å². The molecule has 0 atom stereocenters. The molecule has 146 valence electrons. The molecule has 1 saturated heterocycles. The van der Waals surface area contributed by atoms with E-state index < -0.39 is 0 Å². The molecular weight excluding hydrogens is 364 g/mol. The Kier molecular flexibility index (Phi) is 5.09. The summed E-state index contributed by atoms with van der Waals surface area (Å²) in [4.78, 5) is 11.9. The van der Waals surface area contributed by atoms with Gasteiger partial charge in [0.1, 0.15) is 0 Å². The zero-order valence-electron chi connectivity index (χ0n) is 16.4. The quantitative estimate of drug-likeness (QED) is 0.779. The van der Waals surface area contributed by atoms with Crippen molar-refractivity contribution in [1.82, 2.24) is 9.88 Å². The summed E-state index contributed by atoms with van der Waals surface area (Å²) in [5.41, 5.74) is 3.37. The molecule has 5 heteroatoms. The predicted molar refractivity (Wildman–Crippen MR) is 114 cm³/mol. The van der Waals surface area contributed by atoms with E-state index >= 15 is 0 Å². The minimum Gasteiger partial charge on any atom is -0.371 e. The van der Waals surface area contributed by atoms with Crippen molar-refractivity contribution < 1.29 is 0 Å². The first-order valence-electron chi connectivity index (χ1n) is 10.8. The molecule has 1 aromatic carbocycles. The van der Waals surface area contributed by atoms with E-state index in [1.54, 1.807) is 4.88 Å². The second kappa shape index (κ2) is 7.85. The van der Waals surface area contributed by atoms with Crippen molar-refractivity contribution in [1.29, 1.82) is 5.26 Å². The van der Waals surface area contributed by atoms with Gasteiger partial charge in [0.25, 0.3) is 0 Å². The summed E-state index contributed by atoms with van der Waals surface area (Å²) in [6.07, 6.45) is 8.95. The maximum atomic E-state index is 8.97. The topological polar surface area (TPSA) is 43.2 Å². The molecule has 2 aromatic rings. The van der Waals surface area contributed by atoms with E-state index in [1.165, 1.54) is 68.0 Å². The van der Waals surface area contributed by atoms with E-state index in [-0.39, 0.29) is 0 Å². The SMILES string of the molecule is N#Cc1ccc(N2CCC(c3nc4c(s3)CCN(C3CCC3)CC4)CC2)cc1. The largest absolute Gasteiger partial charge is 0.371 e. The lowest BCUT2D eigenvalue weighted by molar-refractivity contribution is 0.133. The van der Waals surface area contributed by atoms with Crippen LogP contribution in [0.2, 0.25) is 0 Å². The number of benzene rings is 1. The highest BCUT2D eigenvalue weighted by atomic mass is 32.1. The number of nitriles is 1. The van der Waals surface area contributed by atoms with Crippen molar-refractivity contribution in [2.45, 2.75) is 56.9 Å². The highest BCUT2D eigenvalue weighted by Gasteiger charge is 2.29. The Balaban J connectivity index is 1.20. The third-order valence-electron chi connectivity index (χ3n) is 6.85. The molecule has 0 bridgehead atoms. The maximum Gasteiger partial charge on any atom is 0.0991 e. The zero-order chi connectivity index (χ0) is 18.9. The van der Waals surface area contributed by atoms with Crippen molar-refractivity contribution in [3.8, 4) is 6.07 Å². The zero-order valence-corrected chi connectivity index (χ0v) is 17.3. The molecule has 0 unspecified atom stereocenters. The summed E-state index contributed by atoms with van der Waals surface area (Å²) in [6, 6.07) is 11.1. The van der Waals surface area contributed by atoms with Gasteiger partial charge in [0.05, 0.1) is 22.3 Å². The number of fused-ring (bicyclic) bond motifs is 1. The van der Waals surface area contributed by atoms with Gasteiger partial charge in [0, 0.05) is 55.1 Å². The van der Waals surface area contributed by atoms with Crippen LogP contribution in [-0.4, -0.2) is 42.1 Å². The van der Waals surface area contributed by atoms with Crippen LogP contribution < -0.4 is 4.90 Å². The van der Waals surface area contributed by atoms with Gasteiger partial charge in [0.2, 0.25) is 0 Å². The standard InChI is InChI=1S/C23H28N4S/c24-16-17-4-6-20(7-5-17)26-12-8-18(9-13-26)23-25-21-10-14-27(19-2-1-3-19)15-11-22(21)28-23/h4-7,18-19H,1-3,8-15H2. The Morgan fingerprint density at radius 2 is 1.71 bits per heavy atom. The van der Waals surface area contributed by atoms with Gasteiger partial charge in [-0.05, 0) is 56.4 Å². The minimum atomic E-state index is 0.620. The Labute approximate surface area is 171 Å². The van der Waals surface area contributed by atoms with Crippen LogP contribution in [-0.2, 0) is 12.8 Å². The van der Waals surface area contributed by atoms with Gasteiger partial charge in [-0.2, -0.15) is 5.26 Å². The smallest absolute Gasteiger partial charge is 0.0991 e. The maximum absolute atomic E-state index is 8.97. The van der Waals surface area contributed by atoms with Gasteiger partial charge in [-0.15, -0.1) is 11.3 Å². The van der Waals surface area contributed by atoms with Gasteiger partial charge in [-0.3, -0.25) is 4.90 Å². The number of hydrogen-bond donors (Lipinski definition) is 0. The lowest BCUT2D eigenvalue weighted by Gasteiger charge is -2.36. The van der Waals surface area contributed by atoms with Crippen LogP contribution in [0.25, 0.3) is 0 Å². The average Bonchev–Trinajstić information content (AvgIpc) is 3.02. The molecule has 1 aliphatic carbocycles. The number of rotatable bonds is 3. The Bertz CT molecular complexity index is 828. The van der Waals surface area contributed by atoms with Crippen molar-refractivity contribution in [2.24, 2.45) is 0 Å². The van der Waals surface area contributed by atoms with E-state index in [1.807, 2.05) is 23.5 Å². The van der Waals surface area contributed by atoms with Crippen molar-refractivity contribution >= 4 is 17.0 Å². The van der Waals surface area contributed by atoms with Crippen molar-refractivity contribution in [3.63, 3.8) is 0 Å². The lowest BCUT2D eigenvalue weighted by Crippen LogP contribution is -2.41. The fourth-order valence-corrected chi connectivity index (χ4v) is 6.09. The van der Waals surface area contributed by atoms with Gasteiger partial charge in [-0.1, -0.05) is 6.42 Å². The summed E-state index contributed by atoms with van der Waals surface area (Å²) in [5, 5.41) is 10.4. The summed E-state index contributed by atoms with van der Waals surface area (Å²) in [6.45, 7) is 4.60. The molecule has 0 amide bonds. The van der Waals surface area contributed by atoms with Crippen LogP contribution in [0.1, 0.15) is 59.2 Å². The number of aromatic nitrogens is 1. The first-order chi connectivity index (χ1) is 13.8. The summed E-state index contributed by atoms with van der Waals surface area (Å²) in [5.74, 6) is 0.620. The molecule has 2 fully saturated rings. The van der Waals surface area contributed by atoms with E-state index in [9.17, 15) is 0 Å². The minimum absolute atomic E-state index is 0.620. The van der Waals surface area contributed by atoms with Gasteiger partial charge in [-0.25, -0.2) is 4.98 Å². The van der Waals surface area contributed by atoms with Gasteiger partial charge < -0.3 is 4.90 Å². The van der Waals surface area contributed by atoms with Crippen LogP contribution in [0.4, 0.5) is 5.69 Å². The molecule has 1 aromatic heterocycles. The third kappa shape index (κ3) is 3.56. The lowest BCUT2D eigenvalue weighted by atomic mass is 9.91. The van der Waals surface area contributed by atoms with E-state index in [2.05, 4.69) is 28.0 Å². The fourth-order valence-electron chi connectivity index (χ4n) is 4.82. The van der Waals surface area contributed by atoms with Crippen LogP contribution in [0.5, 0.6) is 0 Å². The second-order valence-corrected chi connectivity index (χ2v) is 9.58. The number of hydrogen-bond acceptors (Lipinski definition) is 5. The Morgan fingerprint density at radius 1 is 0.964 bits per heavy atom. The van der Waals surface area contributed by atoms with Gasteiger partial charge in [0.15, 0.2) is 0 Å².